The zero-order valence-electron chi connectivity index (χ0n) is 11.6. The normalized spacial score (nSPS) is 9.95. The Morgan fingerprint density at radius 2 is 1.63 bits per heavy atom. The third kappa shape index (κ3) is 4.25. The largest absolute Gasteiger partial charge is 0.459 e. The van der Waals surface area contributed by atoms with Gasteiger partial charge in [0.25, 0.3) is 0 Å². The molecule has 0 spiro atoms. The van der Waals surface area contributed by atoms with E-state index in [1.165, 1.54) is 0 Å². The standard InChI is InChI=1S/C9H12O2.C6H6O2/c1-6(2)9-4-8(5-10)11-7(9)3;1-5-2-3-6(4-7)8-5/h4-6H,1-3H3;2-4H,1H3. The molecule has 0 amide bonds. The molecule has 2 aromatic heterocycles. The smallest absolute Gasteiger partial charge is 0.185 e. The van der Waals surface area contributed by atoms with Gasteiger partial charge in [0.2, 0.25) is 0 Å². The van der Waals surface area contributed by atoms with Crippen molar-refractivity contribution < 1.29 is 18.4 Å². The lowest BCUT2D eigenvalue weighted by molar-refractivity contribution is 0.109. The molecular formula is C15H18O4. The van der Waals surface area contributed by atoms with Crippen LogP contribution in [0, 0.1) is 13.8 Å². The van der Waals surface area contributed by atoms with Gasteiger partial charge in [-0.2, -0.15) is 0 Å². The second-order valence-electron chi connectivity index (χ2n) is 4.50. The lowest BCUT2D eigenvalue weighted by Crippen LogP contribution is -1.84. The van der Waals surface area contributed by atoms with E-state index < -0.39 is 0 Å². The third-order valence-corrected chi connectivity index (χ3v) is 2.59. The van der Waals surface area contributed by atoms with Gasteiger partial charge >= 0.3 is 0 Å². The maximum absolute atomic E-state index is 10.3. The number of hydrogen-bond acceptors (Lipinski definition) is 4. The summed E-state index contributed by atoms with van der Waals surface area (Å²) in [4.78, 5) is 20.2. The molecule has 0 aliphatic heterocycles. The Bertz CT molecular complexity index is 546. The van der Waals surface area contributed by atoms with E-state index in [2.05, 4.69) is 13.8 Å². The highest BCUT2D eigenvalue weighted by Crippen LogP contribution is 2.21. The molecule has 0 radical (unpaired) electrons. The molecule has 19 heavy (non-hydrogen) atoms. The first kappa shape index (κ1) is 15.0. The monoisotopic (exact) mass is 262 g/mol. The van der Waals surface area contributed by atoms with Crippen LogP contribution in [0.3, 0.4) is 0 Å². The molecule has 2 rings (SSSR count). The van der Waals surface area contributed by atoms with E-state index in [0.29, 0.717) is 23.7 Å². The van der Waals surface area contributed by atoms with Crippen LogP contribution in [0.25, 0.3) is 0 Å². The van der Waals surface area contributed by atoms with Crippen molar-refractivity contribution in [1.82, 2.24) is 0 Å². The van der Waals surface area contributed by atoms with Crippen molar-refractivity contribution in [3.8, 4) is 0 Å². The van der Waals surface area contributed by atoms with Crippen LogP contribution in [-0.4, -0.2) is 12.6 Å². The Kier molecular flexibility index (Phi) is 5.30. The van der Waals surface area contributed by atoms with Crippen LogP contribution in [0.15, 0.2) is 27.0 Å². The van der Waals surface area contributed by atoms with E-state index in [1.54, 1.807) is 25.1 Å². The van der Waals surface area contributed by atoms with Gasteiger partial charge in [-0.25, -0.2) is 0 Å². The SMILES string of the molecule is Cc1ccc(C=O)o1.Cc1oc(C=O)cc1C(C)C. The lowest BCUT2D eigenvalue weighted by Gasteiger charge is -1.99. The summed E-state index contributed by atoms with van der Waals surface area (Å²) in [5.74, 6) is 2.86. The number of rotatable bonds is 3. The number of carbonyl (C=O) groups is 2. The highest BCUT2D eigenvalue weighted by Gasteiger charge is 2.08. The molecule has 0 saturated heterocycles. The fourth-order valence-corrected chi connectivity index (χ4v) is 1.67. The van der Waals surface area contributed by atoms with E-state index in [9.17, 15) is 9.59 Å². The fraction of sp³-hybridized carbons (Fsp3) is 0.333. The van der Waals surface area contributed by atoms with Crippen LogP contribution < -0.4 is 0 Å². The molecule has 0 bridgehead atoms. The van der Waals surface area contributed by atoms with Crippen molar-refractivity contribution >= 4 is 12.6 Å². The van der Waals surface area contributed by atoms with Crippen molar-refractivity contribution in [1.29, 1.82) is 0 Å². The molecule has 0 atom stereocenters. The summed E-state index contributed by atoms with van der Waals surface area (Å²) in [6.07, 6.45) is 1.42. The molecule has 0 saturated carbocycles. The molecule has 102 valence electrons. The number of aldehydes is 2. The first-order valence-electron chi connectivity index (χ1n) is 6.05. The van der Waals surface area contributed by atoms with Crippen molar-refractivity contribution in [2.24, 2.45) is 0 Å². The molecule has 4 nitrogen and oxygen atoms in total. The van der Waals surface area contributed by atoms with Crippen molar-refractivity contribution in [2.45, 2.75) is 33.6 Å². The van der Waals surface area contributed by atoms with Crippen LogP contribution in [-0.2, 0) is 0 Å². The second-order valence-corrected chi connectivity index (χ2v) is 4.50. The fourth-order valence-electron chi connectivity index (χ4n) is 1.67. The second kappa shape index (κ2) is 6.73. The van der Waals surface area contributed by atoms with Crippen molar-refractivity contribution in [2.75, 3.05) is 0 Å². The highest BCUT2D eigenvalue weighted by molar-refractivity contribution is 5.71. The van der Waals surface area contributed by atoms with Gasteiger partial charge in [0.15, 0.2) is 24.1 Å². The van der Waals surface area contributed by atoms with Crippen LogP contribution >= 0.6 is 0 Å². The predicted molar refractivity (Wildman–Crippen MR) is 71.8 cm³/mol. The summed E-state index contributed by atoms with van der Waals surface area (Å²) in [7, 11) is 0. The minimum atomic E-state index is 0.391. The molecule has 2 aromatic rings. The Hall–Kier alpha value is -2.10. The summed E-state index contributed by atoms with van der Waals surface area (Å²) in [5.41, 5.74) is 1.12. The molecule has 0 aliphatic carbocycles. The average Bonchev–Trinajstić information content (AvgIpc) is 2.95. The molecule has 2 heterocycles. The van der Waals surface area contributed by atoms with Crippen molar-refractivity contribution in [3.05, 3.63) is 46.8 Å². The van der Waals surface area contributed by atoms with E-state index in [4.69, 9.17) is 8.83 Å². The number of carbonyl (C=O) groups excluding carboxylic acids is 2. The molecule has 0 N–H and O–H groups in total. The summed E-state index contributed by atoms with van der Waals surface area (Å²) in [5, 5.41) is 0. The molecule has 0 fully saturated rings. The number of hydrogen-bond donors (Lipinski definition) is 0. The van der Waals surface area contributed by atoms with E-state index in [1.807, 2.05) is 6.92 Å². The Morgan fingerprint density at radius 3 is 1.89 bits per heavy atom. The quantitative estimate of drug-likeness (QED) is 0.786. The first-order chi connectivity index (χ1) is 8.97. The molecule has 4 heteroatoms. The van der Waals surface area contributed by atoms with Gasteiger partial charge in [-0.1, -0.05) is 13.8 Å². The van der Waals surface area contributed by atoms with Crippen LogP contribution in [0.4, 0.5) is 0 Å². The maximum Gasteiger partial charge on any atom is 0.185 e. The van der Waals surface area contributed by atoms with E-state index in [0.717, 1.165) is 23.4 Å². The summed E-state index contributed by atoms with van der Waals surface area (Å²) in [6.45, 7) is 7.83. The van der Waals surface area contributed by atoms with E-state index in [-0.39, 0.29) is 0 Å². The average molecular weight is 262 g/mol. The maximum atomic E-state index is 10.3. The predicted octanol–water partition coefficient (Wildman–Crippen LogP) is 3.92. The van der Waals surface area contributed by atoms with Gasteiger partial charge in [-0.15, -0.1) is 0 Å². The van der Waals surface area contributed by atoms with E-state index >= 15 is 0 Å². The zero-order valence-corrected chi connectivity index (χ0v) is 11.6. The minimum Gasteiger partial charge on any atom is -0.459 e. The Balaban J connectivity index is 0.000000200. The number of aryl methyl sites for hydroxylation is 2. The van der Waals surface area contributed by atoms with Gasteiger partial charge in [0.05, 0.1) is 0 Å². The van der Waals surface area contributed by atoms with Gasteiger partial charge < -0.3 is 8.83 Å². The van der Waals surface area contributed by atoms with Crippen LogP contribution in [0.1, 0.15) is 58.0 Å². The zero-order chi connectivity index (χ0) is 14.4. The Labute approximate surface area is 112 Å². The lowest BCUT2D eigenvalue weighted by atomic mass is 10.0. The first-order valence-corrected chi connectivity index (χ1v) is 6.05. The molecule has 0 aliphatic rings. The van der Waals surface area contributed by atoms with Gasteiger partial charge in [0, 0.05) is 0 Å². The number of furan rings is 2. The molecule has 0 aromatic carbocycles. The summed E-state index contributed by atoms with van der Waals surface area (Å²) < 4.78 is 10.0. The summed E-state index contributed by atoms with van der Waals surface area (Å²) in [6, 6.07) is 5.19. The van der Waals surface area contributed by atoms with Crippen LogP contribution in [0.2, 0.25) is 0 Å². The third-order valence-electron chi connectivity index (χ3n) is 2.59. The minimum absolute atomic E-state index is 0.391. The molecular weight excluding hydrogens is 244 g/mol. The Morgan fingerprint density at radius 1 is 1.00 bits per heavy atom. The van der Waals surface area contributed by atoms with Gasteiger partial charge in [-0.3, -0.25) is 9.59 Å². The van der Waals surface area contributed by atoms with Crippen LogP contribution in [0.5, 0.6) is 0 Å². The molecule has 0 unspecified atom stereocenters. The van der Waals surface area contributed by atoms with Crippen molar-refractivity contribution in [3.63, 3.8) is 0 Å². The summed E-state index contributed by atoms with van der Waals surface area (Å²) >= 11 is 0. The van der Waals surface area contributed by atoms with Gasteiger partial charge in [0.1, 0.15) is 11.5 Å². The van der Waals surface area contributed by atoms with Gasteiger partial charge in [-0.05, 0) is 43.5 Å². The topological polar surface area (TPSA) is 60.4 Å². The highest BCUT2D eigenvalue weighted by atomic mass is 16.3.